The quantitative estimate of drug-likeness (QED) is 0.569. The molecule has 0 bridgehead atoms. The van der Waals surface area contributed by atoms with Gasteiger partial charge < -0.3 is 15.4 Å². The average molecular weight is 380 g/mol. The Labute approximate surface area is 165 Å². The molecule has 0 saturated carbocycles. The van der Waals surface area contributed by atoms with Crippen molar-refractivity contribution in [2.75, 3.05) is 17.2 Å². The van der Waals surface area contributed by atoms with Gasteiger partial charge in [-0.1, -0.05) is 12.1 Å². The molecule has 0 fully saturated rings. The van der Waals surface area contributed by atoms with Crippen LogP contribution in [0, 0.1) is 12.7 Å². The number of hydrogen-bond acceptors (Lipinski definition) is 5. The minimum absolute atomic E-state index is 0.145. The van der Waals surface area contributed by atoms with Crippen LogP contribution in [0.3, 0.4) is 0 Å². The molecule has 0 radical (unpaired) electrons. The Bertz CT molecular complexity index is 895. The number of anilines is 3. The predicted octanol–water partition coefficient (Wildman–Crippen LogP) is 5.11. The Hall–Kier alpha value is -3.15. The fourth-order valence-corrected chi connectivity index (χ4v) is 2.75. The number of nitrogens with one attached hydrogen (secondary N) is 2. The third-order valence-electron chi connectivity index (χ3n) is 3.97. The summed E-state index contributed by atoms with van der Waals surface area (Å²) in [5.74, 6) is 2.76. The van der Waals surface area contributed by atoms with Gasteiger partial charge in [0.15, 0.2) is 0 Å². The summed E-state index contributed by atoms with van der Waals surface area (Å²) in [4.78, 5) is 8.87. The minimum atomic E-state index is -0.220. The van der Waals surface area contributed by atoms with E-state index in [9.17, 15) is 4.39 Å². The molecule has 3 aromatic rings. The van der Waals surface area contributed by atoms with Crippen LogP contribution >= 0.6 is 0 Å². The lowest BCUT2D eigenvalue weighted by Crippen LogP contribution is -2.08. The topological polar surface area (TPSA) is 59.1 Å². The molecule has 0 spiro atoms. The Morgan fingerprint density at radius 2 is 1.64 bits per heavy atom. The highest BCUT2D eigenvalue weighted by atomic mass is 19.1. The molecule has 0 atom stereocenters. The highest BCUT2D eigenvalue weighted by molar-refractivity contribution is 5.60. The number of hydrogen-bond donors (Lipinski definition) is 2. The molecule has 5 nitrogen and oxygen atoms in total. The third-order valence-corrected chi connectivity index (χ3v) is 3.97. The van der Waals surface area contributed by atoms with E-state index in [2.05, 4.69) is 20.6 Å². The average Bonchev–Trinajstić information content (AvgIpc) is 2.64. The smallest absolute Gasteiger partial charge is 0.136 e. The van der Waals surface area contributed by atoms with Crippen molar-refractivity contribution in [2.45, 2.75) is 33.3 Å². The van der Waals surface area contributed by atoms with Gasteiger partial charge in [-0.15, -0.1) is 0 Å². The summed E-state index contributed by atoms with van der Waals surface area (Å²) in [6.07, 6.45) is 0.926. The fourth-order valence-electron chi connectivity index (χ4n) is 2.75. The minimum Gasteiger partial charge on any atom is -0.491 e. The van der Waals surface area contributed by atoms with Gasteiger partial charge in [0, 0.05) is 18.3 Å². The number of benzene rings is 2. The molecule has 0 amide bonds. The predicted molar refractivity (Wildman–Crippen MR) is 111 cm³/mol. The summed E-state index contributed by atoms with van der Waals surface area (Å²) in [5, 5.41) is 6.59. The molecule has 0 aliphatic heterocycles. The largest absolute Gasteiger partial charge is 0.491 e. The van der Waals surface area contributed by atoms with Crippen LogP contribution in [0.4, 0.5) is 21.7 Å². The van der Waals surface area contributed by atoms with E-state index in [0.717, 1.165) is 29.2 Å². The van der Waals surface area contributed by atoms with Crippen molar-refractivity contribution in [1.82, 2.24) is 9.97 Å². The summed E-state index contributed by atoms with van der Waals surface area (Å²) < 4.78 is 18.6. The number of aryl methyl sites for hydroxylation is 1. The summed E-state index contributed by atoms with van der Waals surface area (Å²) >= 11 is 0. The van der Waals surface area contributed by atoms with Gasteiger partial charge in [0.2, 0.25) is 0 Å². The highest BCUT2D eigenvalue weighted by Gasteiger charge is 2.04. The van der Waals surface area contributed by atoms with Crippen LogP contribution in [0.1, 0.15) is 25.2 Å². The van der Waals surface area contributed by atoms with Gasteiger partial charge in [-0.25, -0.2) is 14.4 Å². The van der Waals surface area contributed by atoms with Crippen molar-refractivity contribution in [3.63, 3.8) is 0 Å². The Kier molecular flexibility index (Phi) is 6.42. The molecule has 6 heteroatoms. The lowest BCUT2D eigenvalue weighted by Gasteiger charge is -2.12. The van der Waals surface area contributed by atoms with E-state index in [1.54, 1.807) is 12.1 Å². The van der Waals surface area contributed by atoms with E-state index in [1.807, 2.05) is 51.1 Å². The molecule has 1 aromatic heterocycles. The first-order valence-electron chi connectivity index (χ1n) is 9.36. The standard InChI is InChI=1S/C22H25FN4O/c1-15(2)28-20-10-8-19(9-11-20)27-22-14-21(25-16(3)26-22)24-13-12-17-4-6-18(23)7-5-17/h4-11,14-15H,12-13H2,1-3H3,(H2,24,25,26,27). The van der Waals surface area contributed by atoms with E-state index in [1.165, 1.54) is 12.1 Å². The van der Waals surface area contributed by atoms with Crippen LogP contribution in [0.2, 0.25) is 0 Å². The van der Waals surface area contributed by atoms with Gasteiger partial charge in [0.25, 0.3) is 0 Å². The van der Waals surface area contributed by atoms with Crippen LogP contribution in [0.25, 0.3) is 0 Å². The first-order chi connectivity index (χ1) is 13.5. The zero-order valence-corrected chi connectivity index (χ0v) is 16.4. The molecule has 0 unspecified atom stereocenters. The molecule has 28 heavy (non-hydrogen) atoms. The van der Waals surface area contributed by atoms with Crippen molar-refractivity contribution >= 4 is 17.3 Å². The van der Waals surface area contributed by atoms with E-state index in [0.29, 0.717) is 18.2 Å². The molecule has 3 rings (SSSR count). The van der Waals surface area contributed by atoms with E-state index in [4.69, 9.17) is 4.74 Å². The fraction of sp³-hybridized carbons (Fsp3) is 0.273. The zero-order valence-electron chi connectivity index (χ0n) is 16.4. The zero-order chi connectivity index (χ0) is 19.9. The van der Waals surface area contributed by atoms with Gasteiger partial charge in [0.05, 0.1) is 6.10 Å². The Morgan fingerprint density at radius 1 is 0.964 bits per heavy atom. The van der Waals surface area contributed by atoms with Crippen molar-refractivity contribution < 1.29 is 9.13 Å². The maximum atomic E-state index is 13.0. The second kappa shape index (κ2) is 9.17. The van der Waals surface area contributed by atoms with Crippen molar-refractivity contribution in [3.05, 3.63) is 71.8 Å². The van der Waals surface area contributed by atoms with Crippen molar-refractivity contribution in [1.29, 1.82) is 0 Å². The molecule has 0 aliphatic carbocycles. The second-order valence-electron chi connectivity index (χ2n) is 6.80. The number of ether oxygens (including phenoxy) is 1. The van der Waals surface area contributed by atoms with Gasteiger partial charge in [-0.2, -0.15) is 0 Å². The second-order valence-corrected chi connectivity index (χ2v) is 6.80. The first-order valence-corrected chi connectivity index (χ1v) is 9.36. The summed E-state index contributed by atoms with van der Waals surface area (Å²) in [5.41, 5.74) is 1.99. The Balaban J connectivity index is 1.60. The maximum absolute atomic E-state index is 13.0. The lowest BCUT2D eigenvalue weighted by atomic mass is 10.1. The van der Waals surface area contributed by atoms with Crippen LogP contribution in [0.5, 0.6) is 5.75 Å². The number of nitrogens with zero attached hydrogens (tertiary/aromatic N) is 2. The molecule has 0 saturated heterocycles. The van der Waals surface area contributed by atoms with Gasteiger partial charge >= 0.3 is 0 Å². The Morgan fingerprint density at radius 3 is 2.32 bits per heavy atom. The van der Waals surface area contributed by atoms with Crippen molar-refractivity contribution in [2.24, 2.45) is 0 Å². The van der Waals surface area contributed by atoms with Gasteiger partial charge in [0.1, 0.15) is 29.0 Å². The van der Waals surface area contributed by atoms with Gasteiger partial charge in [-0.05, 0) is 69.2 Å². The van der Waals surface area contributed by atoms with Crippen LogP contribution in [-0.4, -0.2) is 22.6 Å². The number of aromatic nitrogens is 2. The van der Waals surface area contributed by atoms with E-state index < -0.39 is 0 Å². The molecular formula is C22H25FN4O. The van der Waals surface area contributed by atoms with Crippen LogP contribution in [-0.2, 0) is 6.42 Å². The molecular weight excluding hydrogens is 355 g/mol. The monoisotopic (exact) mass is 380 g/mol. The number of halogens is 1. The van der Waals surface area contributed by atoms with Crippen molar-refractivity contribution in [3.8, 4) is 5.75 Å². The van der Waals surface area contributed by atoms with E-state index in [-0.39, 0.29) is 11.9 Å². The first kappa shape index (κ1) is 19.6. The molecule has 2 aromatic carbocycles. The van der Waals surface area contributed by atoms with Gasteiger partial charge in [-0.3, -0.25) is 0 Å². The summed E-state index contributed by atoms with van der Waals surface area (Å²) in [6, 6.07) is 16.2. The lowest BCUT2D eigenvalue weighted by molar-refractivity contribution is 0.242. The van der Waals surface area contributed by atoms with Crippen LogP contribution in [0.15, 0.2) is 54.6 Å². The molecule has 2 N–H and O–H groups in total. The third kappa shape index (κ3) is 5.94. The SMILES string of the molecule is Cc1nc(NCCc2ccc(F)cc2)cc(Nc2ccc(OC(C)C)cc2)n1. The summed E-state index contributed by atoms with van der Waals surface area (Å²) in [7, 11) is 0. The maximum Gasteiger partial charge on any atom is 0.136 e. The number of rotatable bonds is 8. The molecule has 0 aliphatic rings. The normalized spacial score (nSPS) is 10.8. The molecule has 1 heterocycles. The molecule has 146 valence electrons. The van der Waals surface area contributed by atoms with Crippen LogP contribution < -0.4 is 15.4 Å². The van der Waals surface area contributed by atoms with E-state index >= 15 is 0 Å². The summed E-state index contributed by atoms with van der Waals surface area (Å²) in [6.45, 7) is 6.56. The highest BCUT2D eigenvalue weighted by Crippen LogP contribution is 2.21.